The molecule has 0 fully saturated rings. The second kappa shape index (κ2) is 10.3. The number of carbonyl (C=O) groups excluding carboxylic acids is 1. The molecule has 4 nitrogen and oxygen atoms in total. The van der Waals surface area contributed by atoms with E-state index < -0.39 is 5.60 Å². The fraction of sp³-hybridized carbons (Fsp3) is 0.235. The van der Waals surface area contributed by atoms with Crippen molar-refractivity contribution in [1.29, 1.82) is 0 Å². The van der Waals surface area contributed by atoms with Gasteiger partial charge in [-0.25, -0.2) is 9.78 Å². The topological polar surface area (TPSA) is 44.1 Å². The van der Waals surface area contributed by atoms with Crippen molar-refractivity contribution in [2.45, 2.75) is 53.2 Å². The molecule has 0 radical (unpaired) electrons. The van der Waals surface area contributed by atoms with Gasteiger partial charge in [0.15, 0.2) is 0 Å². The van der Waals surface area contributed by atoms with Crippen LogP contribution in [0.15, 0.2) is 91.0 Å². The first-order chi connectivity index (χ1) is 18.2. The molecule has 4 heteroatoms. The van der Waals surface area contributed by atoms with Gasteiger partial charge in [0, 0.05) is 13.0 Å². The van der Waals surface area contributed by atoms with E-state index >= 15 is 0 Å². The van der Waals surface area contributed by atoms with Crippen molar-refractivity contribution < 1.29 is 9.53 Å². The fourth-order valence-electron chi connectivity index (χ4n) is 4.74. The van der Waals surface area contributed by atoms with E-state index in [1.807, 2.05) is 51.1 Å². The highest BCUT2D eigenvalue weighted by atomic mass is 16.6. The third kappa shape index (κ3) is 5.55. The van der Waals surface area contributed by atoms with Crippen LogP contribution in [0.5, 0.6) is 0 Å². The van der Waals surface area contributed by atoms with E-state index in [0.717, 1.165) is 41.0 Å². The van der Waals surface area contributed by atoms with Gasteiger partial charge in [0.05, 0.1) is 16.6 Å². The van der Waals surface area contributed by atoms with Gasteiger partial charge in [-0.15, -0.1) is 0 Å². The van der Waals surface area contributed by atoms with E-state index in [1.54, 1.807) is 0 Å². The third-order valence-corrected chi connectivity index (χ3v) is 6.80. The van der Waals surface area contributed by atoms with Gasteiger partial charge in [0.2, 0.25) is 0 Å². The SMILES string of the molecule is Cc1cc2nc(Cc3ccccc3)n(Cc3ccc(-c4ccccc4C(=O)OC(C)(C)C)cc3)c2cc1C. The lowest BCUT2D eigenvalue weighted by Crippen LogP contribution is -2.24. The number of ether oxygens (including phenoxy) is 1. The van der Waals surface area contributed by atoms with Crippen LogP contribution in [-0.2, 0) is 17.7 Å². The summed E-state index contributed by atoms with van der Waals surface area (Å²) in [6, 6.07) is 31.0. The van der Waals surface area contributed by atoms with Gasteiger partial charge < -0.3 is 9.30 Å². The van der Waals surface area contributed by atoms with Gasteiger partial charge >= 0.3 is 5.97 Å². The molecule has 0 saturated heterocycles. The largest absolute Gasteiger partial charge is 0.456 e. The molecule has 4 aromatic carbocycles. The number of esters is 1. The Hall–Kier alpha value is -4.18. The highest BCUT2D eigenvalue weighted by Gasteiger charge is 2.21. The molecule has 5 aromatic rings. The van der Waals surface area contributed by atoms with Crippen molar-refractivity contribution in [2.24, 2.45) is 0 Å². The molecule has 0 unspecified atom stereocenters. The average molecular weight is 503 g/mol. The minimum Gasteiger partial charge on any atom is -0.456 e. The molecule has 0 spiro atoms. The summed E-state index contributed by atoms with van der Waals surface area (Å²) in [7, 11) is 0. The highest BCUT2D eigenvalue weighted by Crippen LogP contribution is 2.28. The minimum atomic E-state index is -0.546. The summed E-state index contributed by atoms with van der Waals surface area (Å²) >= 11 is 0. The van der Waals surface area contributed by atoms with Crippen LogP contribution in [0.1, 0.15) is 59.2 Å². The zero-order valence-corrected chi connectivity index (χ0v) is 22.8. The molecular weight excluding hydrogens is 468 g/mol. The number of rotatable bonds is 6. The first kappa shape index (κ1) is 25.5. The Morgan fingerprint density at radius 2 is 1.47 bits per heavy atom. The second-order valence-corrected chi connectivity index (χ2v) is 10.9. The van der Waals surface area contributed by atoms with Crippen LogP contribution in [0.25, 0.3) is 22.2 Å². The van der Waals surface area contributed by atoms with E-state index in [2.05, 4.69) is 79.1 Å². The van der Waals surface area contributed by atoms with Crippen LogP contribution >= 0.6 is 0 Å². The van der Waals surface area contributed by atoms with Crippen LogP contribution < -0.4 is 0 Å². The van der Waals surface area contributed by atoms with Gasteiger partial charge in [-0.1, -0.05) is 72.8 Å². The fourth-order valence-corrected chi connectivity index (χ4v) is 4.74. The van der Waals surface area contributed by atoms with E-state index in [9.17, 15) is 4.79 Å². The van der Waals surface area contributed by atoms with Crippen LogP contribution in [0.4, 0.5) is 0 Å². The molecule has 0 atom stereocenters. The Labute approximate surface area is 224 Å². The molecular formula is C34H34N2O2. The van der Waals surface area contributed by atoms with E-state index in [0.29, 0.717) is 5.56 Å². The lowest BCUT2D eigenvalue weighted by Gasteiger charge is -2.20. The zero-order chi connectivity index (χ0) is 26.9. The molecule has 38 heavy (non-hydrogen) atoms. The second-order valence-electron chi connectivity index (χ2n) is 10.9. The van der Waals surface area contributed by atoms with Crippen LogP contribution in [0, 0.1) is 13.8 Å². The number of carbonyl (C=O) groups is 1. The number of fused-ring (bicyclic) bond motifs is 1. The molecule has 0 saturated carbocycles. The van der Waals surface area contributed by atoms with Gasteiger partial charge in [0.25, 0.3) is 0 Å². The number of hydrogen-bond donors (Lipinski definition) is 0. The highest BCUT2D eigenvalue weighted by molar-refractivity contribution is 5.97. The lowest BCUT2D eigenvalue weighted by atomic mass is 9.98. The summed E-state index contributed by atoms with van der Waals surface area (Å²) in [6.45, 7) is 10.7. The van der Waals surface area contributed by atoms with E-state index in [1.165, 1.54) is 22.3 Å². The van der Waals surface area contributed by atoms with Crippen molar-refractivity contribution in [2.75, 3.05) is 0 Å². The van der Waals surface area contributed by atoms with Crippen molar-refractivity contribution in [3.05, 3.63) is 125 Å². The maximum atomic E-state index is 12.9. The van der Waals surface area contributed by atoms with Gasteiger partial charge in [-0.2, -0.15) is 0 Å². The minimum absolute atomic E-state index is 0.307. The summed E-state index contributed by atoms with van der Waals surface area (Å²) in [5.41, 5.74) is 9.00. The number of imidazole rings is 1. The average Bonchev–Trinajstić information content (AvgIpc) is 3.19. The smallest absolute Gasteiger partial charge is 0.339 e. The van der Waals surface area contributed by atoms with Crippen molar-refractivity contribution in [3.63, 3.8) is 0 Å². The number of nitrogens with zero attached hydrogens (tertiary/aromatic N) is 2. The maximum Gasteiger partial charge on any atom is 0.339 e. The Morgan fingerprint density at radius 3 is 2.18 bits per heavy atom. The third-order valence-electron chi connectivity index (χ3n) is 6.80. The normalized spacial score (nSPS) is 11.6. The van der Waals surface area contributed by atoms with Gasteiger partial charge in [-0.3, -0.25) is 0 Å². The molecule has 1 heterocycles. The monoisotopic (exact) mass is 502 g/mol. The molecule has 1 aromatic heterocycles. The molecule has 0 bridgehead atoms. The molecule has 0 N–H and O–H groups in total. The molecule has 5 rings (SSSR count). The van der Waals surface area contributed by atoms with Gasteiger partial charge in [0.1, 0.15) is 11.4 Å². The predicted octanol–water partition coefficient (Wildman–Crippen LogP) is 7.91. The van der Waals surface area contributed by atoms with Crippen molar-refractivity contribution in [1.82, 2.24) is 9.55 Å². The van der Waals surface area contributed by atoms with Crippen molar-refractivity contribution >= 4 is 17.0 Å². The van der Waals surface area contributed by atoms with Crippen LogP contribution in [-0.4, -0.2) is 21.1 Å². The lowest BCUT2D eigenvalue weighted by molar-refractivity contribution is 0.00704. The Kier molecular flexibility index (Phi) is 6.90. The first-order valence-electron chi connectivity index (χ1n) is 13.1. The number of aromatic nitrogens is 2. The first-order valence-corrected chi connectivity index (χ1v) is 13.1. The summed E-state index contributed by atoms with van der Waals surface area (Å²) in [5, 5.41) is 0. The predicted molar refractivity (Wildman–Crippen MR) is 155 cm³/mol. The number of aryl methyl sites for hydroxylation is 2. The van der Waals surface area contributed by atoms with Crippen molar-refractivity contribution in [3.8, 4) is 11.1 Å². The van der Waals surface area contributed by atoms with Crippen LogP contribution in [0.2, 0.25) is 0 Å². The molecule has 0 amide bonds. The summed E-state index contributed by atoms with van der Waals surface area (Å²) in [4.78, 5) is 17.9. The quantitative estimate of drug-likeness (QED) is 0.222. The molecule has 192 valence electrons. The number of benzene rings is 4. The molecule has 0 aliphatic carbocycles. The standard InChI is InChI=1S/C34H34N2O2/c1-23-19-30-31(20-24(23)2)36(32(35-30)21-25-11-7-6-8-12-25)22-26-15-17-27(18-16-26)28-13-9-10-14-29(28)33(37)38-34(3,4)5/h6-20H,21-22H2,1-5H3. The van der Waals surface area contributed by atoms with Crippen LogP contribution in [0.3, 0.4) is 0 Å². The molecule has 0 aliphatic heterocycles. The Morgan fingerprint density at radius 1 is 0.816 bits per heavy atom. The van der Waals surface area contributed by atoms with Gasteiger partial charge in [-0.05, 0) is 86.2 Å². The molecule has 0 aliphatic rings. The Balaban J connectivity index is 1.48. The number of hydrogen-bond acceptors (Lipinski definition) is 3. The summed E-state index contributed by atoms with van der Waals surface area (Å²) in [5.74, 6) is 0.744. The van der Waals surface area contributed by atoms with E-state index in [4.69, 9.17) is 9.72 Å². The summed E-state index contributed by atoms with van der Waals surface area (Å²) < 4.78 is 7.98. The maximum absolute atomic E-state index is 12.9. The zero-order valence-electron chi connectivity index (χ0n) is 22.8. The Bertz CT molecular complexity index is 1590. The summed E-state index contributed by atoms with van der Waals surface area (Å²) in [6.07, 6.45) is 0.773. The van der Waals surface area contributed by atoms with E-state index in [-0.39, 0.29) is 5.97 Å².